The molecular formula is C18H26N4O3. The van der Waals surface area contributed by atoms with Crippen LogP contribution in [0.5, 0.6) is 0 Å². The molecule has 1 aromatic rings. The molecule has 7 nitrogen and oxygen atoms in total. The van der Waals surface area contributed by atoms with E-state index in [1.54, 1.807) is 0 Å². The van der Waals surface area contributed by atoms with Crippen molar-refractivity contribution in [3.63, 3.8) is 0 Å². The Kier molecular flexibility index (Phi) is 5.50. The summed E-state index contributed by atoms with van der Waals surface area (Å²) >= 11 is 0. The average molecular weight is 346 g/mol. The standard InChI is InChI=1S/C18H26N4O3/c1-12-13-6-5-7-14(13)21-16(20-12)9-10-19-17(23)15-8-3-4-11-22(15)18(24)25-2/h15H,3-11H2,1-2H3,(H,19,23). The lowest BCUT2D eigenvalue weighted by atomic mass is 10.0. The maximum Gasteiger partial charge on any atom is 0.410 e. The normalized spacial score (nSPS) is 19.4. The largest absolute Gasteiger partial charge is 0.453 e. The fraction of sp³-hybridized carbons (Fsp3) is 0.667. The summed E-state index contributed by atoms with van der Waals surface area (Å²) in [4.78, 5) is 35.0. The predicted molar refractivity (Wildman–Crippen MR) is 92.3 cm³/mol. The van der Waals surface area contributed by atoms with Gasteiger partial charge in [0.1, 0.15) is 11.9 Å². The molecule has 1 fully saturated rings. The van der Waals surface area contributed by atoms with E-state index in [0.29, 0.717) is 25.9 Å². The van der Waals surface area contributed by atoms with Crippen LogP contribution in [-0.4, -0.2) is 53.1 Å². The van der Waals surface area contributed by atoms with Crippen LogP contribution in [0.3, 0.4) is 0 Å². The second kappa shape index (κ2) is 7.80. The molecule has 1 saturated heterocycles. The Morgan fingerprint density at radius 1 is 1.24 bits per heavy atom. The molecule has 0 spiro atoms. The van der Waals surface area contributed by atoms with Gasteiger partial charge in [-0.05, 0) is 51.0 Å². The molecule has 3 rings (SSSR count). The average Bonchev–Trinajstić information content (AvgIpc) is 3.10. The summed E-state index contributed by atoms with van der Waals surface area (Å²) in [5.74, 6) is 0.662. The van der Waals surface area contributed by atoms with Crippen molar-refractivity contribution in [2.75, 3.05) is 20.2 Å². The van der Waals surface area contributed by atoms with Crippen LogP contribution >= 0.6 is 0 Å². The number of hydrogen-bond donors (Lipinski definition) is 1. The van der Waals surface area contributed by atoms with Gasteiger partial charge in [-0.2, -0.15) is 0 Å². The number of nitrogens with one attached hydrogen (secondary N) is 1. The molecule has 136 valence electrons. The first-order valence-electron chi connectivity index (χ1n) is 9.07. The molecule has 1 atom stereocenters. The number of rotatable bonds is 4. The highest BCUT2D eigenvalue weighted by Gasteiger charge is 2.32. The summed E-state index contributed by atoms with van der Waals surface area (Å²) in [6, 6.07) is -0.441. The number of carbonyl (C=O) groups is 2. The van der Waals surface area contributed by atoms with Gasteiger partial charge in [-0.15, -0.1) is 0 Å². The van der Waals surface area contributed by atoms with Crippen LogP contribution in [-0.2, 0) is 28.8 Å². The Morgan fingerprint density at radius 3 is 2.88 bits per heavy atom. The predicted octanol–water partition coefficient (Wildman–Crippen LogP) is 1.55. The second-order valence-electron chi connectivity index (χ2n) is 6.72. The Balaban J connectivity index is 1.55. The molecule has 2 heterocycles. The van der Waals surface area contributed by atoms with E-state index in [0.717, 1.165) is 49.3 Å². The van der Waals surface area contributed by atoms with Crippen LogP contribution in [0.15, 0.2) is 0 Å². The van der Waals surface area contributed by atoms with Gasteiger partial charge < -0.3 is 10.1 Å². The maximum atomic E-state index is 12.5. The van der Waals surface area contributed by atoms with Crippen molar-refractivity contribution < 1.29 is 14.3 Å². The molecular weight excluding hydrogens is 320 g/mol. The van der Waals surface area contributed by atoms with Crippen molar-refractivity contribution in [2.24, 2.45) is 0 Å². The van der Waals surface area contributed by atoms with Gasteiger partial charge in [0.15, 0.2) is 0 Å². The summed E-state index contributed by atoms with van der Waals surface area (Å²) < 4.78 is 4.79. The van der Waals surface area contributed by atoms with Gasteiger partial charge >= 0.3 is 6.09 Å². The molecule has 2 aliphatic rings. The Labute approximate surface area is 148 Å². The minimum absolute atomic E-state index is 0.122. The van der Waals surface area contributed by atoms with Crippen LogP contribution in [0.1, 0.15) is 48.5 Å². The van der Waals surface area contributed by atoms with Gasteiger partial charge in [-0.25, -0.2) is 14.8 Å². The first-order chi connectivity index (χ1) is 12.1. The van der Waals surface area contributed by atoms with Crippen molar-refractivity contribution in [2.45, 2.75) is 57.9 Å². The molecule has 0 radical (unpaired) electrons. The number of nitrogens with zero attached hydrogens (tertiary/aromatic N) is 3. The number of aryl methyl sites for hydroxylation is 2. The molecule has 1 unspecified atom stereocenters. The fourth-order valence-electron chi connectivity index (χ4n) is 3.75. The molecule has 0 aromatic carbocycles. The minimum atomic E-state index is -0.441. The van der Waals surface area contributed by atoms with Crippen LogP contribution in [0.2, 0.25) is 0 Å². The highest BCUT2D eigenvalue weighted by atomic mass is 16.5. The summed E-state index contributed by atoms with van der Waals surface area (Å²) in [5, 5.41) is 2.93. The van der Waals surface area contributed by atoms with E-state index in [9.17, 15) is 9.59 Å². The van der Waals surface area contributed by atoms with Gasteiger partial charge in [0.2, 0.25) is 5.91 Å². The maximum absolute atomic E-state index is 12.5. The lowest BCUT2D eigenvalue weighted by Crippen LogP contribution is -2.52. The Morgan fingerprint density at radius 2 is 2.08 bits per heavy atom. The summed E-state index contributed by atoms with van der Waals surface area (Å²) in [7, 11) is 1.35. The van der Waals surface area contributed by atoms with Crippen molar-refractivity contribution in [1.82, 2.24) is 20.2 Å². The van der Waals surface area contributed by atoms with Gasteiger partial charge in [0.25, 0.3) is 0 Å². The SMILES string of the molecule is COC(=O)N1CCCCC1C(=O)NCCc1nc(C)c2c(n1)CCC2. The quantitative estimate of drug-likeness (QED) is 0.894. The number of hydrogen-bond acceptors (Lipinski definition) is 5. The molecule has 2 amide bonds. The highest BCUT2D eigenvalue weighted by Crippen LogP contribution is 2.22. The zero-order chi connectivity index (χ0) is 17.8. The number of likely N-dealkylation sites (tertiary alicyclic amines) is 1. The van der Waals surface area contributed by atoms with E-state index in [1.807, 2.05) is 6.92 Å². The zero-order valence-corrected chi connectivity index (χ0v) is 15.0. The number of ether oxygens (including phenoxy) is 1. The van der Waals surface area contributed by atoms with E-state index < -0.39 is 12.1 Å². The topological polar surface area (TPSA) is 84.4 Å². The van der Waals surface area contributed by atoms with E-state index in [2.05, 4.69) is 15.3 Å². The highest BCUT2D eigenvalue weighted by molar-refractivity contribution is 5.85. The first kappa shape index (κ1) is 17.6. The van der Waals surface area contributed by atoms with Gasteiger partial charge in [-0.1, -0.05) is 0 Å². The third kappa shape index (κ3) is 3.91. The third-order valence-electron chi connectivity index (χ3n) is 5.05. The van der Waals surface area contributed by atoms with Crippen molar-refractivity contribution in [1.29, 1.82) is 0 Å². The van der Waals surface area contributed by atoms with Crippen LogP contribution in [0.25, 0.3) is 0 Å². The number of piperidine rings is 1. The lowest BCUT2D eigenvalue weighted by molar-refractivity contribution is -0.126. The van der Waals surface area contributed by atoms with Crippen LogP contribution < -0.4 is 5.32 Å². The van der Waals surface area contributed by atoms with Crippen molar-refractivity contribution >= 4 is 12.0 Å². The summed E-state index contributed by atoms with van der Waals surface area (Å²) in [5.41, 5.74) is 3.52. The van der Waals surface area contributed by atoms with E-state index in [-0.39, 0.29) is 5.91 Å². The van der Waals surface area contributed by atoms with Crippen LogP contribution in [0.4, 0.5) is 4.79 Å². The number of methoxy groups -OCH3 is 1. The molecule has 1 aliphatic carbocycles. The molecule has 0 bridgehead atoms. The molecule has 25 heavy (non-hydrogen) atoms. The molecule has 1 aliphatic heterocycles. The Hall–Kier alpha value is -2.18. The van der Waals surface area contributed by atoms with Gasteiger partial charge in [0.05, 0.1) is 7.11 Å². The monoisotopic (exact) mass is 346 g/mol. The van der Waals surface area contributed by atoms with Gasteiger partial charge in [-0.3, -0.25) is 9.69 Å². The Bertz CT molecular complexity index is 662. The molecule has 0 saturated carbocycles. The summed E-state index contributed by atoms with van der Waals surface area (Å²) in [6.45, 7) is 3.07. The van der Waals surface area contributed by atoms with E-state index >= 15 is 0 Å². The molecule has 1 N–H and O–H groups in total. The molecule has 1 aromatic heterocycles. The van der Waals surface area contributed by atoms with Gasteiger partial charge in [0, 0.05) is 30.9 Å². The number of fused-ring (bicyclic) bond motifs is 1. The second-order valence-corrected chi connectivity index (χ2v) is 6.72. The minimum Gasteiger partial charge on any atom is -0.453 e. The molecule has 7 heteroatoms. The lowest BCUT2D eigenvalue weighted by Gasteiger charge is -2.33. The number of carbonyl (C=O) groups excluding carboxylic acids is 2. The smallest absolute Gasteiger partial charge is 0.410 e. The van der Waals surface area contributed by atoms with Crippen molar-refractivity contribution in [3.8, 4) is 0 Å². The fourth-order valence-corrected chi connectivity index (χ4v) is 3.75. The first-order valence-corrected chi connectivity index (χ1v) is 9.07. The van der Waals surface area contributed by atoms with E-state index in [1.165, 1.54) is 17.6 Å². The number of amides is 2. The van der Waals surface area contributed by atoms with Crippen LogP contribution in [0, 0.1) is 6.92 Å². The zero-order valence-electron chi connectivity index (χ0n) is 15.0. The summed E-state index contributed by atoms with van der Waals surface area (Å²) in [6.07, 6.45) is 5.94. The van der Waals surface area contributed by atoms with Crippen molar-refractivity contribution in [3.05, 3.63) is 22.8 Å². The number of aromatic nitrogens is 2. The third-order valence-corrected chi connectivity index (χ3v) is 5.05. The van der Waals surface area contributed by atoms with E-state index in [4.69, 9.17) is 4.74 Å².